The second-order valence-electron chi connectivity index (χ2n) is 7.56. The number of aromatic nitrogens is 2. The average molecular weight is 425 g/mol. The number of H-pyrrole nitrogens is 1. The lowest BCUT2D eigenvalue weighted by atomic mass is 9.96. The van der Waals surface area contributed by atoms with Crippen molar-refractivity contribution in [1.82, 2.24) is 9.97 Å². The molecule has 5 rings (SSSR count). The van der Waals surface area contributed by atoms with Gasteiger partial charge in [-0.3, -0.25) is 4.79 Å². The van der Waals surface area contributed by atoms with Gasteiger partial charge in [0.1, 0.15) is 0 Å². The molecule has 0 fully saturated rings. The average Bonchev–Trinajstić information content (AvgIpc) is 3.25. The molecule has 0 radical (unpaired) electrons. The zero-order valence-electron chi connectivity index (χ0n) is 17.2. The van der Waals surface area contributed by atoms with Crippen LogP contribution in [0.4, 0.5) is 0 Å². The van der Waals surface area contributed by atoms with Crippen LogP contribution in [-0.4, -0.2) is 9.97 Å². The molecule has 2 aromatic carbocycles. The Morgan fingerprint density at radius 3 is 2.42 bits per heavy atom. The van der Waals surface area contributed by atoms with Crippen molar-refractivity contribution in [3.05, 3.63) is 99.8 Å². The van der Waals surface area contributed by atoms with Crippen LogP contribution in [0.5, 0.6) is 0 Å². The molecule has 31 heavy (non-hydrogen) atoms. The fourth-order valence-electron chi connectivity index (χ4n) is 3.88. The van der Waals surface area contributed by atoms with Crippen molar-refractivity contribution in [2.75, 3.05) is 0 Å². The highest BCUT2D eigenvalue weighted by Crippen LogP contribution is 2.37. The molecule has 3 heterocycles. The lowest BCUT2D eigenvalue weighted by Gasteiger charge is -2.13. The summed E-state index contributed by atoms with van der Waals surface area (Å²) in [7, 11) is 0. The molecule has 0 atom stereocenters. The molecule has 0 saturated heterocycles. The van der Waals surface area contributed by atoms with Crippen LogP contribution in [0.15, 0.2) is 83.1 Å². The van der Waals surface area contributed by atoms with Gasteiger partial charge in [0.05, 0.1) is 23.1 Å². The molecular weight excluding hydrogens is 402 g/mol. The summed E-state index contributed by atoms with van der Waals surface area (Å²) < 4.78 is 0. The van der Waals surface area contributed by atoms with Gasteiger partial charge in [-0.05, 0) is 35.6 Å². The SMILES string of the molecule is Cc1ccsc1-c1c[nH]c(=O)c2cc(-c3ccccc3)c(-c3ccc(C[NH3+])cc3)nc12. The minimum atomic E-state index is -0.128. The summed E-state index contributed by atoms with van der Waals surface area (Å²) in [5, 5.41) is 2.67. The van der Waals surface area contributed by atoms with E-state index < -0.39 is 0 Å². The summed E-state index contributed by atoms with van der Waals surface area (Å²) in [5.74, 6) is 0. The Morgan fingerprint density at radius 1 is 0.968 bits per heavy atom. The maximum Gasteiger partial charge on any atom is 0.257 e. The normalized spacial score (nSPS) is 11.2. The Balaban J connectivity index is 1.85. The number of benzene rings is 2. The molecule has 0 unspecified atom stereocenters. The van der Waals surface area contributed by atoms with E-state index in [2.05, 4.69) is 65.5 Å². The van der Waals surface area contributed by atoms with Gasteiger partial charge in [-0.15, -0.1) is 11.3 Å². The van der Waals surface area contributed by atoms with Gasteiger partial charge in [0, 0.05) is 33.3 Å². The van der Waals surface area contributed by atoms with Crippen molar-refractivity contribution in [3.63, 3.8) is 0 Å². The summed E-state index contributed by atoms with van der Waals surface area (Å²) >= 11 is 1.66. The summed E-state index contributed by atoms with van der Waals surface area (Å²) in [6, 6.07) is 22.5. The second-order valence-corrected chi connectivity index (χ2v) is 8.47. The molecule has 0 bridgehead atoms. The van der Waals surface area contributed by atoms with Crippen LogP contribution >= 0.6 is 11.3 Å². The Labute approximate surface area is 184 Å². The van der Waals surface area contributed by atoms with E-state index in [0.29, 0.717) is 5.39 Å². The predicted octanol–water partition coefficient (Wildman–Crippen LogP) is 5.04. The topological polar surface area (TPSA) is 73.4 Å². The highest BCUT2D eigenvalue weighted by atomic mass is 32.1. The molecule has 5 aromatic rings. The van der Waals surface area contributed by atoms with E-state index in [1.165, 1.54) is 11.1 Å². The summed E-state index contributed by atoms with van der Waals surface area (Å²) in [6.07, 6.45) is 1.79. The number of hydrogen-bond acceptors (Lipinski definition) is 3. The first-order valence-electron chi connectivity index (χ1n) is 10.2. The van der Waals surface area contributed by atoms with Crippen molar-refractivity contribution in [2.45, 2.75) is 13.5 Å². The van der Waals surface area contributed by atoms with E-state index in [1.54, 1.807) is 17.5 Å². The minimum Gasteiger partial charge on any atom is -0.354 e. The number of aromatic amines is 1. The lowest BCUT2D eigenvalue weighted by Crippen LogP contribution is -2.47. The molecule has 5 heteroatoms. The van der Waals surface area contributed by atoms with Gasteiger partial charge in [0.25, 0.3) is 5.56 Å². The van der Waals surface area contributed by atoms with E-state index in [-0.39, 0.29) is 5.56 Å². The van der Waals surface area contributed by atoms with Gasteiger partial charge in [0.15, 0.2) is 0 Å². The number of nitrogens with zero attached hydrogens (tertiary/aromatic N) is 1. The monoisotopic (exact) mass is 424 g/mol. The van der Waals surface area contributed by atoms with Crippen LogP contribution in [0.1, 0.15) is 11.1 Å². The zero-order valence-corrected chi connectivity index (χ0v) is 18.0. The molecule has 4 nitrogen and oxygen atoms in total. The second kappa shape index (κ2) is 7.95. The first-order valence-corrected chi connectivity index (χ1v) is 11.1. The Hall–Kier alpha value is -3.54. The van der Waals surface area contributed by atoms with Crippen LogP contribution < -0.4 is 11.3 Å². The third-order valence-corrected chi connectivity index (χ3v) is 6.63. The maximum atomic E-state index is 12.8. The van der Waals surface area contributed by atoms with Gasteiger partial charge in [-0.25, -0.2) is 4.98 Å². The Bertz CT molecular complexity index is 1430. The summed E-state index contributed by atoms with van der Waals surface area (Å²) in [5.41, 5.74) is 11.7. The fourth-order valence-corrected chi connectivity index (χ4v) is 4.83. The van der Waals surface area contributed by atoms with Crippen LogP contribution in [0.2, 0.25) is 0 Å². The Kier molecular flexibility index (Phi) is 4.98. The van der Waals surface area contributed by atoms with Crippen LogP contribution in [0.25, 0.3) is 43.7 Å². The van der Waals surface area contributed by atoms with Gasteiger partial charge in [0.2, 0.25) is 0 Å². The van der Waals surface area contributed by atoms with Crippen molar-refractivity contribution in [3.8, 4) is 32.8 Å². The molecule has 4 N–H and O–H groups in total. The van der Waals surface area contributed by atoms with E-state index in [0.717, 1.165) is 44.9 Å². The standard InChI is InChI=1S/C26H21N3OS/c1-16-11-12-31-25(16)22-15-28-26(30)21-13-20(18-5-3-2-4-6-18)23(29-24(21)22)19-9-7-17(14-27)8-10-19/h2-13,15H,14,27H2,1H3,(H,28,30)/p+1. The largest absolute Gasteiger partial charge is 0.354 e. The molecule has 3 aromatic heterocycles. The number of rotatable bonds is 4. The Morgan fingerprint density at radius 2 is 1.74 bits per heavy atom. The summed E-state index contributed by atoms with van der Waals surface area (Å²) in [4.78, 5) is 21.9. The number of aryl methyl sites for hydroxylation is 1. The third-order valence-electron chi connectivity index (χ3n) is 5.58. The minimum absolute atomic E-state index is 0.128. The number of nitrogens with one attached hydrogen (secondary N) is 1. The smallest absolute Gasteiger partial charge is 0.257 e. The quantitative estimate of drug-likeness (QED) is 0.424. The van der Waals surface area contributed by atoms with E-state index in [9.17, 15) is 4.79 Å². The predicted molar refractivity (Wildman–Crippen MR) is 128 cm³/mol. The van der Waals surface area contributed by atoms with Crippen molar-refractivity contribution < 1.29 is 5.73 Å². The van der Waals surface area contributed by atoms with Gasteiger partial charge in [-0.2, -0.15) is 0 Å². The molecule has 0 aliphatic heterocycles. The van der Waals surface area contributed by atoms with Gasteiger partial charge < -0.3 is 10.7 Å². The van der Waals surface area contributed by atoms with E-state index in [1.807, 2.05) is 24.3 Å². The first-order chi connectivity index (χ1) is 15.2. The number of fused-ring (bicyclic) bond motifs is 1. The maximum absolute atomic E-state index is 12.8. The third kappa shape index (κ3) is 3.48. The molecule has 0 amide bonds. The van der Waals surface area contributed by atoms with Crippen LogP contribution in [0.3, 0.4) is 0 Å². The number of quaternary nitrogens is 1. The highest BCUT2D eigenvalue weighted by molar-refractivity contribution is 7.13. The van der Waals surface area contributed by atoms with Gasteiger partial charge in [-0.1, -0.05) is 54.6 Å². The zero-order chi connectivity index (χ0) is 21.4. The van der Waals surface area contributed by atoms with Crippen molar-refractivity contribution in [2.24, 2.45) is 0 Å². The molecule has 0 aliphatic carbocycles. The highest BCUT2D eigenvalue weighted by Gasteiger charge is 2.17. The molecule has 0 aliphatic rings. The molecule has 0 spiro atoms. The molecular formula is C26H22N3OS+. The van der Waals surface area contributed by atoms with Crippen molar-refractivity contribution >= 4 is 22.2 Å². The fraction of sp³-hybridized carbons (Fsp3) is 0.0769. The van der Waals surface area contributed by atoms with Crippen LogP contribution in [0, 0.1) is 6.92 Å². The van der Waals surface area contributed by atoms with Crippen molar-refractivity contribution in [1.29, 1.82) is 0 Å². The van der Waals surface area contributed by atoms with Crippen LogP contribution in [-0.2, 0) is 6.54 Å². The van der Waals surface area contributed by atoms with E-state index in [4.69, 9.17) is 4.98 Å². The number of pyridine rings is 2. The first kappa shape index (κ1) is 19.4. The number of hydrogen-bond donors (Lipinski definition) is 2. The lowest BCUT2D eigenvalue weighted by molar-refractivity contribution is -0.386. The number of thiophene rings is 1. The van der Waals surface area contributed by atoms with E-state index >= 15 is 0 Å². The molecule has 152 valence electrons. The van der Waals surface area contributed by atoms with Gasteiger partial charge >= 0.3 is 0 Å². The molecule has 0 saturated carbocycles. The summed E-state index contributed by atoms with van der Waals surface area (Å²) in [6.45, 7) is 2.83.